The van der Waals surface area contributed by atoms with Gasteiger partial charge in [-0.2, -0.15) is 0 Å². The number of halogens is 3. The summed E-state index contributed by atoms with van der Waals surface area (Å²) in [6.07, 6.45) is 2.33. The van der Waals surface area contributed by atoms with E-state index in [9.17, 15) is 0 Å². The van der Waals surface area contributed by atoms with Gasteiger partial charge in [-0.05, 0) is 44.1 Å². The third-order valence-electron chi connectivity index (χ3n) is 3.41. The Balaban J connectivity index is 0.00000147. The van der Waals surface area contributed by atoms with Crippen molar-refractivity contribution in [1.82, 2.24) is 10.3 Å². The molecule has 1 N–H and O–H groups in total. The summed E-state index contributed by atoms with van der Waals surface area (Å²) in [4.78, 5) is 4.75. The zero-order chi connectivity index (χ0) is 13.2. The number of benzene rings is 1. The molecule has 0 radical (unpaired) electrons. The molecule has 2 nitrogen and oxygen atoms in total. The van der Waals surface area contributed by atoms with Crippen LogP contribution in [-0.2, 0) is 0 Å². The molecule has 2 heterocycles. The first kappa shape index (κ1) is 16.1. The van der Waals surface area contributed by atoms with E-state index < -0.39 is 0 Å². The van der Waals surface area contributed by atoms with Gasteiger partial charge < -0.3 is 5.32 Å². The summed E-state index contributed by atoms with van der Waals surface area (Å²) in [7, 11) is 0. The van der Waals surface area contributed by atoms with Gasteiger partial charge in [-0.15, -0.1) is 23.7 Å². The maximum absolute atomic E-state index is 6.22. The molecule has 20 heavy (non-hydrogen) atoms. The third kappa shape index (κ3) is 3.46. The van der Waals surface area contributed by atoms with Gasteiger partial charge in [0.05, 0.1) is 15.7 Å². The van der Waals surface area contributed by atoms with E-state index in [-0.39, 0.29) is 12.4 Å². The molecule has 0 aliphatic carbocycles. The fourth-order valence-electron chi connectivity index (χ4n) is 2.36. The van der Waals surface area contributed by atoms with Gasteiger partial charge in [0.25, 0.3) is 0 Å². The van der Waals surface area contributed by atoms with Gasteiger partial charge in [-0.3, -0.25) is 0 Å². The van der Waals surface area contributed by atoms with Crippen LogP contribution >= 0.6 is 46.9 Å². The Morgan fingerprint density at radius 3 is 2.70 bits per heavy atom. The lowest BCUT2D eigenvalue weighted by atomic mass is 9.99. The number of rotatable bonds is 2. The maximum atomic E-state index is 6.22. The van der Waals surface area contributed by atoms with Crippen molar-refractivity contribution in [2.24, 2.45) is 0 Å². The van der Waals surface area contributed by atoms with Gasteiger partial charge in [0.1, 0.15) is 0 Å². The lowest BCUT2D eigenvalue weighted by molar-refractivity contribution is 0.459. The second-order valence-electron chi connectivity index (χ2n) is 4.72. The molecule has 0 amide bonds. The number of hydrogen-bond donors (Lipinski definition) is 1. The van der Waals surface area contributed by atoms with Gasteiger partial charge in [-0.1, -0.05) is 23.2 Å². The normalized spacial score (nSPS) is 15.9. The van der Waals surface area contributed by atoms with E-state index in [2.05, 4.69) is 10.7 Å². The lowest BCUT2D eigenvalue weighted by Gasteiger charge is -2.20. The SMILES string of the molecule is Cl.Clc1ccc(Cl)c(-c2csc(C3CCNCC3)n2)c1. The lowest BCUT2D eigenvalue weighted by Crippen LogP contribution is -2.26. The monoisotopic (exact) mass is 348 g/mol. The van der Waals surface area contributed by atoms with Crippen molar-refractivity contribution >= 4 is 46.9 Å². The Labute approximate surface area is 138 Å². The van der Waals surface area contributed by atoms with Crippen molar-refractivity contribution in [1.29, 1.82) is 0 Å². The van der Waals surface area contributed by atoms with Crippen molar-refractivity contribution in [2.75, 3.05) is 13.1 Å². The van der Waals surface area contributed by atoms with E-state index >= 15 is 0 Å². The summed E-state index contributed by atoms with van der Waals surface area (Å²) in [6, 6.07) is 5.50. The number of aromatic nitrogens is 1. The Morgan fingerprint density at radius 2 is 1.95 bits per heavy atom. The molecule has 0 atom stereocenters. The average molecular weight is 350 g/mol. The predicted molar refractivity (Wildman–Crippen MR) is 89.7 cm³/mol. The van der Waals surface area contributed by atoms with Gasteiger partial charge in [0.15, 0.2) is 0 Å². The quantitative estimate of drug-likeness (QED) is 0.824. The minimum atomic E-state index is 0. The van der Waals surface area contributed by atoms with Crippen molar-refractivity contribution in [2.45, 2.75) is 18.8 Å². The Hall–Kier alpha value is -0.320. The van der Waals surface area contributed by atoms with Crippen molar-refractivity contribution in [3.63, 3.8) is 0 Å². The van der Waals surface area contributed by atoms with Crippen LogP contribution in [0.4, 0.5) is 0 Å². The van der Waals surface area contributed by atoms with Gasteiger partial charge in [-0.25, -0.2) is 4.98 Å². The highest BCUT2D eigenvalue weighted by Gasteiger charge is 2.19. The van der Waals surface area contributed by atoms with E-state index in [0.29, 0.717) is 16.0 Å². The molecule has 6 heteroatoms. The highest BCUT2D eigenvalue weighted by Crippen LogP contribution is 2.35. The molecule has 0 spiro atoms. The number of piperidine rings is 1. The predicted octanol–water partition coefficient (Wildman–Crippen LogP) is 5.01. The molecule has 2 aromatic rings. The molecule has 1 aromatic carbocycles. The molecule has 1 aromatic heterocycles. The van der Waals surface area contributed by atoms with E-state index in [1.54, 1.807) is 17.4 Å². The summed E-state index contributed by atoms with van der Waals surface area (Å²) in [6.45, 7) is 2.16. The molecule has 0 saturated carbocycles. The Bertz CT molecular complexity index is 580. The van der Waals surface area contributed by atoms with Crippen LogP contribution in [0.3, 0.4) is 0 Å². The topological polar surface area (TPSA) is 24.9 Å². The molecule has 1 aliphatic rings. The second kappa shape index (κ2) is 7.10. The smallest absolute Gasteiger partial charge is 0.0964 e. The molecule has 108 valence electrons. The van der Waals surface area contributed by atoms with E-state index in [1.807, 2.05) is 12.1 Å². The standard InChI is InChI=1S/C14H14Cl2N2S.ClH/c15-10-1-2-12(16)11(7-10)13-8-19-14(18-13)9-3-5-17-6-4-9;/h1-2,7-9,17H,3-6H2;1H. The Kier molecular flexibility index (Phi) is 5.70. The van der Waals surface area contributed by atoms with Crippen LogP contribution in [0, 0.1) is 0 Å². The minimum Gasteiger partial charge on any atom is -0.317 e. The van der Waals surface area contributed by atoms with Crippen LogP contribution in [0.5, 0.6) is 0 Å². The van der Waals surface area contributed by atoms with E-state index in [1.165, 1.54) is 5.01 Å². The first-order valence-corrected chi connectivity index (χ1v) is 7.99. The number of nitrogens with one attached hydrogen (secondary N) is 1. The first-order valence-electron chi connectivity index (χ1n) is 6.35. The largest absolute Gasteiger partial charge is 0.317 e. The maximum Gasteiger partial charge on any atom is 0.0964 e. The van der Waals surface area contributed by atoms with Crippen LogP contribution in [0.25, 0.3) is 11.3 Å². The fraction of sp³-hybridized carbons (Fsp3) is 0.357. The van der Waals surface area contributed by atoms with Gasteiger partial charge >= 0.3 is 0 Å². The van der Waals surface area contributed by atoms with E-state index in [0.717, 1.165) is 37.2 Å². The number of nitrogens with zero attached hydrogens (tertiary/aromatic N) is 1. The minimum absolute atomic E-state index is 0. The zero-order valence-electron chi connectivity index (χ0n) is 10.7. The van der Waals surface area contributed by atoms with E-state index in [4.69, 9.17) is 28.2 Å². The van der Waals surface area contributed by atoms with Crippen LogP contribution in [0.15, 0.2) is 23.6 Å². The number of thiazole rings is 1. The molecule has 0 unspecified atom stereocenters. The molecule has 1 saturated heterocycles. The van der Waals surface area contributed by atoms with Gasteiger partial charge in [0.2, 0.25) is 0 Å². The molecule has 1 fully saturated rings. The van der Waals surface area contributed by atoms with Crippen molar-refractivity contribution in [3.05, 3.63) is 38.6 Å². The summed E-state index contributed by atoms with van der Waals surface area (Å²) in [5.41, 5.74) is 1.86. The second-order valence-corrected chi connectivity index (χ2v) is 6.45. The van der Waals surface area contributed by atoms with Gasteiger partial charge in [0, 0.05) is 21.9 Å². The van der Waals surface area contributed by atoms with Crippen LogP contribution in [0.2, 0.25) is 10.0 Å². The van der Waals surface area contributed by atoms with Crippen LogP contribution in [0.1, 0.15) is 23.8 Å². The zero-order valence-corrected chi connectivity index (χ0v) is 13.9. The molecule has 1 aliphatic heterocycles. The van der Waals surface area contributed by atoms with Crippen molar-refractivity contribution < 1.29 is 0 Å². The van der Waals surface area contributed by atoms with Crippen LogP contribution in [-0.4, -0.2) is 18.1 Å². The highest BCUT2D eigenvalue weighted by molar-refractivity contribution is 7.10. The fourth-order valence-corrected chi connectivity index (χ4v) is 3.74. The molecule has 3 rings (SSSR count). The first-order chi connectivity index (χ1) is 9.24. The molecular weight excluding hydrogens is 335 g/mol. The number of hydrogen-bond acceptors (Lipinski definition) is 3. The highest BCUT2D eigenvalue weighted by atomic mass is 35.5. The average Bonchev–Trinajstić information content (AvgIpc) is 2.92. The summed E-state index contributed by atoms with van der Waals surface area (Å²) >= 11 is 14.0. The third-order valence-corrected chi connectivity index (χ3v) is 4.99. The summed E-state index contributed by atoms with van der Waals surface area (Å²) in [5, 5.41) is 8.06. The Morgan fingerprint density at radius 1 is 1.20 bits per heavy atom. The summed E-state index contributed by atoms with van der Waals surface area (Å²) in [5.74, 6) is 0.581. The molecule has 0 bridgehead atoms. The van der Waals surface area contributed by atoms with Crippen molar-refractivity contribution in [3.8, 4) is 11.3 Å². The van der Waals surface area contributed by atoms with Crippen LogP contribution < -0.4 is 5.32 Å². The summed E-state index contributed by atoms with van der Waals surface area (Å²) < 4.78 is 0. The molecular formula is C14H15Cl3N2S.